The lowest BCUT2D eigenvalue weighted by Crippen LogP contribution is -2.27. The highest BCUT2D eigenvalue weighted by atomic mass is 32.2. The third kappa shape index (κ3) is 4.95. The summed E-state index contributed by atoms with van der Waals surface area (Å²) in [4.78, 5) is 13.3. The Morgan fingerprint density at radius 1 is 0.737 bits per heavy atom. The van der Waals surface area contributed by atoms with E-state index in [1.165, 1.54) is 12.1 Å². The summed E-state index contributed by atoms with van der Waals surface area (Å²) in [5.41, 5.74) is 2.39. The molecular weight excluding hydrogens is 519 g/mol. The van der Waals surface area contributed by atoms with Gasteiger partial charge in [0.15, 0.2) is 7.14 Å². The van der Waals surface area contributed by atoms with Crippen molar-refractivity contribution in [3.63, 3.8) is 0 Å². The lowest BCUT2D eigenvalue weighted by molar-refractivity contribution is 0.492. The molecule has 0 radical (unpaired) electrons. The van der Waals surface area contributed by atoms with E-state index in [-0.39, 0.29) is 16.9 Å². The molecule has 0 aliphatic heterocycles. The van der Waals surface area contributed by atoms with E-state index in [0.29, 0.717) is 26.9 Å². The molecule has 0 atom stereocenters. The van der Waals surface area contributed by atoms with Crippen molar-refractivity contribution in [3.05, 3.63) is 119 Å². The maximum atomic E-state index is 15.2. The van der Waals surface area contributed by atoms with Gasteiger partial charge in [0.25, 0.3) is 0 Å². The topological polar surface area (TPSA) is 90.7 Å². The van der Waals surface area contributed by atoms with Gasteiger partial charge in [0.2, 0.25) is 0 Å². The molecule has 0 saturated carbocycles. The van der Waals surface area contributed by atoms with E-state index in [0.717, 1.165) is 17.4 Å². The van der Waals surface area contributed by atoms with Crippen molar-refractivity contribution in [3.8, 4) is 16.9 Å². The van der Waals surface area contributed by atoms with Crippen molar-refractivity contribution in [2.24, 2.45) is 0 Å². The summed E-state index contributed by atoms with van der Waals surface area (Å²) in [6.07, 6.45) is 0.938. The SMILES string of the molecule is Cc1ccc(P(=O)(c2ccc(C)cc2)c2ccccc2-c2cc3ccc(OS(C)(=O)=O)cc3oc2=O)cc1. The van der Waals surface area contributed by atoms with Gasteiger partial charge in [-0.1, -0.05) is 83.9 Å². The highest BCUT2D eigenvalue weighted by molar-refractivity contribution is 7.86. The van der Waals surface area contributed by atoms with Gasteiger partial charge in [-0.3, -0.25) is 0 Å². The lowest BCUT2D eigenvalue weighted by Gasteiger charge is -2.23. The van der Waals surface area contributed by atoms with Crippen LogP contribution in [0, 0.1) is 13.8 Å². The van der Waals surface area contributed by atoms with Crippen LogP contribution < -0.4 is 25.7 Å². The van der Waals surface area contributed by atoms with E-state index in [4.69, 9.17) is 8.60 Å². The molecule has 0 N–H and O–H groups in total. The summed E-state index contributed by atoms with van der Waals surface area (Å²) in [5.74, 6) is 0.0412. The zero-order chi connectivity index (χ0) is 27.1. The Labute approximate surface area is 221 Å². The van der Waals surface area contributed by atoms with Crippen LogP contribution in [0.4, 0.5) is 0 Å². The van der Waals surface area contributed by atoms with E-state index in [1.807, 2.05) is 68.4 Å². The summed E-state index contributed by atoms with van der Waals surface area (Å²) >= 11 is 0. The number of benzene rings is 4. The fraction of sp³-hybridized carbons (Fsp3) is 0.100. The van der Waals surface area contributed by atoms with E-state index < -0.39 is 22.9 Å². The first-order valence-electron chi connectivity index (χ1n) is 11.9. The van der Waals surface area contributed by atoms with Crippen LogP contribution in [0.15, 0.2) is 106 Å². The molecule has 5 aromatic rings. The Morgan fingerprint density at radius 3 is 1.89 bits per heavy atom. The zero-order valence-corrected chi connectivity index (χ0v) is 22.8. The Bertz CT molecular complexity index is 1820. The van der Waals surface area contributed by atoms with Gasteiger partial charge in [-0.25, -0.2) is 4.79 Å². The Hall–Kier alpha value is -3.93. The molecule has 6 nitrogen and oxygen atoms in total. The number of fused-ring (bicyclic) bond motifs is 1. The highest BCUT2D eigenvalue weighted by Crippen LogP contribution is 2.45. The number of hydrogen-bond acceptors (Lipinski definition) is 6. The first-order chi connectivity index (χ1) is 18.0. The van der Waals surface area contributed by atoms with Gasteiger partial charge < -0.3 is 13.2 Å². The molecule has 0 amide bonds. The van der Waals surface area contributed by atoms with Crippen molar-refractivity contribution in [1.82, 2.24) is 0 Å². The molecule has 0 aliphatic carbocycles. The van der Waals surface area contributed by atoms with Crippen LogP contribution in [-0.4, -0.2) is 14.7 Å². The molecule has 0 bridgehead atoms. The minimum absolute atomic E-state index is 0.0412. The molecule has 5 rings (SSSR count). The van der Waals surface area contributed by atoms with Gasteiger partial charge >= 0.3 is 15.7 Å². The monoisotopic (exact) mass is 544 g/mol. The molecular formula is C30H25O6PS. The third-order valence-corrected chi connectivity index (χ3v) is 9.90. The Morgan fingerprint density at radius 2 is 1.32 bits per heavy atom. The van der Waals surface area contributed by atoms with Gasteiger partial charge in [-0.05, 0) is 32.0 Å². The Kier molecular flexibility index (Phi) is 6.59. The van der Waals surface area contributed by atoms with Crippen LogP contribution in [-0.2, 0) is 14.7 Å². The second-order valence-corrected chi connectivity index (χ2v) is 13.5. The Balaban J connectivity index is 1.73. The number of rotatable bonds is 6. The number of hydrogen-bond donors (Lipinski definition) is 0. The second-order valence-electron chi connectivity index (χ2n) is 9.23. The predicted octanol–water partition coefficient (Wildman–Crippen LogP) is 5.05. The molecule has 0 spiro atoms. The molecule has 0 unspecified atom stereocenters. The largest absolute Gasteiger partial charge is 0.422 e. The van der Waals surface area contributed by atoms with E-state index in [2.05, 4.69) is 0 Å². The first-order valence-corrected chi connectivity index (χ1v) is 15.4. The van der Waals surface area contributed by atoms with Crippen molar-refractivity contribution >= 4 is 44.1 Å². The maximum absolute atomic E-state index is 15.2. The van der Waals surface area contributed by atoms with E-state index in [9.17, 15) is 13.2 Å². The standard InChI is InChI=1S/C30H25O6PS/c1-20-8-14-24(15-9-20)37(32,25-16-10-21(2)11-17-25)29-7-5-4-6-26(29)27-18-22-12-13-23(36-38(3,33)34)19-28(22)35-30(27)31/h4-19H,1-3H3. The predicted molar refractivity (Wildman–Crippen MR) is 152 cm³/mol. The molecule has 192 valence electrons. The summed E-state index contributed by atoms with van der Waals surface area (Å²) in [5, 5.41) is 2.41. The van der Waals surface area contributed by atoms with Gasteiger partial charge in [-0.15, -0.1) is 0 Å². The van der Waals surface area contributed by atoms with Crippen LogP contribution in [0.1, 0.15) is 11.1 Å². The number of aryl methyl sites for hydroxylation is 2. The van der Waals surface area contributed by atoms with E-state index in [1.54, 1.807) is 30.3 Å². The normalized spacial score (nSPS) is 12.0. The third-order valence-electron chi connectivity index (χ3n) is 6.28. The smallest absolute Gasteiger partial charge is 0.344 e. The van der Waals surface area contributed by atoms with Gasteiger partial charge in [0.1, 0.15) is 11.3 Å². The molecule has 1 heterocycles. The second kappa shape index (κ2) is 9.75. The van der Waals surface area contributed by atoms with Gasteiger partial charge in [0, 0.05) is 32.9 Å². The molecule has 0 fully saturated rings. The molecule has 0 aliphatic rings. The summed E-state index contributed by atoms with van der Waals surface area (Å²) < 4.78 is 48.7. The van der Waals surface area contributed by atoms with Crippen molar-refractivity contribution in [2.75, 3.05) is 6.26 Å². The van der Waals surface area contributed by atoms with Crippen LogP contribution in [0.2, 0.25) is 0 Å². The van der Waals surface area contributed by atoms with E-state index >= 15 is 4.57 Å². The van der Waals surface area contributed by atoms with Crippen molar-refractivity contribution in [1.29, 1.82) is 0 Å². The van der Waals surface area contributed by atoms with Crippen molar-refractivity contribution < 1.29 is 21.6 Å². The van der Waals surface area contributed by atoms with Crippen LogP contribution in [0.3, 0.4) is 0 Å². The average Bonchev–Trinajstić information content (AvgIpc) is 2.88. The summed E-state index contributed by atoms with van der Waals surface area (Å²) in [6, 6.07) is 28.5. The minimum Gasteiger partial charge on any atom is -0.422 e. The summed E-state index contributed by atoms with van der Waals surface area (Å²) in [6.45, 7) is 3.95. The highest BCUT2D eigenvalue weighted by Gasteiger charge is 2.33. The fourth-order valence-corrected chi connectivity index (χ4v) is 7.69. The fourth-order valence-electron chi connectivity index (χ4n) is 4.42. The molecule has 0 saturated heterocycles. The van der Waals surface area contributed by atoms with Gasteiger partial charge in [0.05, 0.1) is 11.8 Å². The average molecular weight is 545 g/mol. The van der Waals surface area contributed by atoms with Crippen LogP contribution >= 0.6 is 7.14 Å². The molecule has 38 heavy (non-hydrogen) atoms. The zero-order valence-electron chi connectivity index (χ0n) is 21.0. The molecule has 4 aromatic carbocycles. The van der Waals surface area contributed by atoms with Crippen LogP contribution in [0.25, 0.3) is 22.1 Å². The first kappa shape index (κ1) is 25.7. The van der Waals surface area contributed by atoms with Crippen LogP contribution in [0.5, 0.6) is 5.75 Å². The summed E-state index contributed by atoms with van der Waals surface area (Å²) in [7, 11) is -7.14. The molecule has 1 aromatic heterocycles. The van der Waals surface area contributed by atoms with Crippen molar-refractivity contribution in [2.45, 2.75) is 13.8 Å². The molecule has 8 heteroatoms. The lowest BCUT2D eigenvalue weighted by atomic mass is 10.1. The maximum Gasteiger partial charge on any atom is 0.344 e. The van der Waals surface area contributed by atoms with Gasteiger partial charge in [-0.2, -0.15) is 8.42 Å². The quantitative estimate of drug-likeness (QED) is 0.169. The minimum atomic E-state index is -3.74.